The molecule has 3 aliphatic rings. The van der Waals surface area contributed by atoms with Crippen LogP contribution in [0.2, 0.25) is 5.02 Å². The minimum atomic E-state index is -0.310. The van der Waals surface area contributed by atoms with Gasteiger partial charge in [-0.15, -0.1) is 0 Å². The van der Waals surface area contributed by atoms with Gasteiger partial charge in [-0.25, -0.2) is 4.79 Å². The predicted octanol–water partition coefficient (Wildman–Crippen LogP) is 3.75. The van der Waals surface area contributed by atoms with Gasteiger partial charge < -0.3 is 19.9 Å². The Kier molecular flexibility index (Phi) is 5.52. The van der Waals surface area contributed by atoms with Gasteiger partial charge in [0.05, 0.1) is 5.60 Å². The van der Waals surface area contributed by atoms with Crippen molar-refractivity contribution in [3.63, 3.8) is 0 Å². The van der Waals surface area contributed by atoms with Crippen LogP contribution in [0.15, 0.2) is 24.3 Å². The van der Waals surface area contributed by atoms with Crippen LogP contribution in [0.4, 0.5) is 10.5 Å². The molecule has 1 spiro atoms. The molecule has 3 atom stereocenters. The van der Waals surface area contributed by atoms with Crippen molar-refractivity contribution in [2.45, 2.75) is 50.7 Å². The number of halogens is 1. The Balaban J connectivity index is 1.34. The summed E-state index contributed by atoms with van der Waals surface area (Å²) in [5.41, 5.74) is 0.452. The fourth-order valence-corrected chi connectivity index (χ4v) is 4.84. The summed E-state index contributed by atoms with van der Waals surface area (Å²) in [5, 5.41) is 3.57. The monoisotopic (exact) mass is 405 g/mol. The van der Waals surface area contributed by atoms with Gasteiger partial charge in [0.1, 0.15) is 6.10 Å². The summed E-state index contributed by atoms with van der Waals surface area (Å²) in [4.78, 5) is 29.1. The highest BCUT2D eigenvalue weighted by molar-refractivity contribution is 6.30. The lowest BCUT2D eigenvalue weighted by Crippen LogP contribution is -2.54. The van der Waals surface area contributed by atoms with Crippen LogP contribution >= 0.6 is 11.6 Å². The summed E-state index contributed by atoms with van der Waals surface area (Å²) in [5.74, 6) is 0.345. The van der Waals surface area contributed by atoms with Crippen molar-refractivity contribution in [2.75, 3.05) is 31.5 Å². The largest absolute Gasteiger partial charge is 0.362 e. The lowest BCUT2D eigenvalue weighted by Gasteiger charge is -2.44. The fourth-order valence-electron chi connectivity index (χ4n) is 4.72. The lowest BCUT2D eigenvalue weighted by atomic mass is 9.80. The van der Waals surface area contributed by atoms with E-state index in [-0.39, 0.29) is 29.6 Å². The van der Waals surface area contributed by atoms with Crippen LogP contribution in [0.3, 0.4) is 0 Å². The third kappa shape index (κ3) is 3.85. The van der Waals surface area contributed by atoms with Gasteiger partial charge in [-0.1, -0.05) is 18.5 Å². The van der Waals surface area contributed by atoms with E-state index < -0.39 is 0 Å². The molecule has 28 heavy (non-hydrogen) atoms. The molecule has 0 bridgehead atoms. The van der Waals surface area contributed by atoms with E-state index in [1.54, 1.807) is 24.3 Å². The van der Waals surface area contributed by atoms with Gasteiger partial charge in [0.15, 0.2) is 0 Å². The third-order valence-corrected chi connectivity index (χ3v) is 6.73. The van der Waals surface area contributed by atoms with Gasteiger partial charge in [0.2, 0.25) is 0 Å². The van der Waals surface area contributed by atoms with Crippen molar-refractivity contribution in [3.8, 4) is 0 Å². The highest BCUT2D eigenvalue weighted by atomic mass is 35.5. The quantitative estimate of drug-likeness (QED) is 0.814. The average Bonchev–Trinajstić information content (AvgIpc) is 3.36. The smallest absolute Gasteiger partial charge is 0.321 e. The molecule has 3 fully saturated rings. The molecule has 1 aromatic carbocycles. The molecule has 152 valence electrons. The SMILES string of the molecule is C[C@@H]1CN(C(=O)Nc2ccc(Cl)cc2)CC[C@]12CC[C@@H](C(=O)N1CCCC1)O2. The number of carbonyl (C=O) groups is 2. The maximum Gasteiger partial charge on any atom is 0.321 e. The number of nitrogens with zero attached hydrogens (tertiary/aromatic N) is 2. The summed E-state index contributed by atoms with van der Waals surface area (Å²) in [6.07, 6.45) is 4.33. The zero-order valence-corrected chi connectivity index (χ0v) is 17.1. The molecule has 0 unspecified atom stereocenters. The number of rotatable bonds is 2. The Labute approximate surface area is 171 Å². The number of nitrogens with one attached hydrogen (secondary N) is 1. The van der Waals surface area contributed by atoms with Crippen molar-refractivity contribution < 1.29 is 14.3 Å². The van der Waals surface area contributed by atoms with Gasteiger partial charge in [0, 0.05) is 42.8 Å². The lowest BCUT2D eigenvalue weighted by molar-refractivity contribution is -0.154. The van der Waals surface area contributed by atoms with Crippen LogP contribution in [0.25, 0.3) is 0 Å². The summed E-state index contributed by atoms with van der Waals surface area (Å²) >= 11 is 5.90. The minimum absolute atomic E-state index is 0.105. The van der Waals surface area contributed by atoms with E-state index in [4.69, 9.17) is 16.3 Å². The summed E-state index contributed by atoms with van der Waals surface area (Å²) in [7, 11) is 0. The second-order valence-corrected chi connectivity index (χ2v) is 8.71. The van der Waals surface area contributed by atoms with E-state index in [2.05, 4.69) is 12.2 Å². The zero-order chi connectivity index (χ0) is 19.7. The van der Waals surface area contributed by atoms with Gasteiger partial charge >= 0.3 is 6.03 Å². The van der Waals surface area contributed by atoms with Crippen molar-refractivity contribution >= 4 is 29.2 Å². The van der Waals surface area contributed by atoms with Crippen molar-refractivity contribution in [1.82, 2.24) is 9.80 Å². The first-order chi connectivity index (χ1) is 13.5. The maximum atomic E-state index is 12.7. The normalized spacial score (nSPS) is 30.1. The van der Waals surface area contributed by atoms with E-state index in [0.29, 0.717) is 18.1 Å². The average molecular weight is 406 g/mol. The van der Waals surface area contributed by atoms with Gasteiger partial charge in [-0.2, -0.15) is 0 Å². The highest BCUT2D eigenvalue weighted by Gasteiger charge is 2.50. The molecule has 3 heterocycles. The van der Waals surface area contributed by atoms with Gasteiger partial charge in [-0.3, -0.25) is 4.79 Å². The van der Waals surface area contributed by atoms with Crippen molar-refractivity contribution in [2.24, 2.45) is 5.92 Å². The number of piperidine rings is 1. The number of amides is 3. The van der Waals surface area contributed by atoms with Gasteiger partial charge in [-0.05, 0) is 56.4 Å². The fraction of sp³-hybridized carbons (Fsp3) is 0.619. The standard InChI is InChI=1S/C21H28ClN3O3/c1-15-14-25(20(27)23-17-6-4-16(22)5-7-17)13-10-21(15)9-8-18(28-21)19(26)24-11-2-3-12-24/h4-7,15,18H,2-3,8-14H2,1H3,(H,23,27)/t15-,18+,21-/m1/s1. The number of anilines is 1. The molecule has 0 saturated carbocycles. The van der Waals surface area contributed by atoms with Crippen molar-refractivity contribution in [3.05, 3.63) is 29.3 Å². The molecule has 6 nitrogen and oxygen atoms in total. The molecule has 0 radical (unpaired) electrons. The summed E-state index contributed by atoms with van der Waals surface area (Å²) in [6.45, 7) is 5.11. The van der Waals surface area contributed by atoms with Crippen LogP contribution in [0.1, 0.15) is 39.0 Å². The Hall–Kier alpha value is -1.79. The number of hydrogen-bond acceptors (Lipinski definition) is 3. The molecule has 7 heteroatoms. The van der Waals surface area contributed by atoms with Crippen LogP contribution in [-0.2, 0) is 9.53 Å². The summed E-state index contributed by atoms with van der Waals surface area (Å²) in [6, 6.07) is 7.00. The number of urea groups is 1. The first-order valence-corrected chi connectivity index (χ1v) is 10.6. The third-order valence-electron chi connectivity index (χ3n) is 6.48. The second kappa shape index (κ2) is 7.91. The molecule has 4 rings (SSSR count). The number of benzene rings is 1. The Morgan fingerprint density at radius 3 is 2.50 bits per heavy atom. The zero-order valence-electron chi connectivity index (χ0n) is 16.3. The first-order valence-electron chi connectivity index (χ1n) is 10.2. The number of carbonyl (C=O) groups excluding carboxylic acids is 2. The van der Waals surface area contributed by atoms with E-state index in [1.807, 2.05) is 9.80 Å². The predicted molar refractivity (Wildman–Crippen MR) is 108 cm³/mol. The number of ether oxygens (including phenoxy) is 1. The van der Waals surface area contributed by atoms with Crippen LogP contribution in [0, 0.1) is 5.92 Å². The van der Waals surface area contributed by atoms with E-state index in [0.717, 1.165) is 50.9 Å². The van der Waals surface area contributed by atoms with E-state index in [1.165, 1.54) is 0 Å². The topological polar surface area (TPSA) is 61.9 Å². The molecule has 3 amide bonds. The van der Waals surface area contributed by atoms with E-state index in [9.17, 15) is 9.59 Å². The first kappa shape index (κ1) is 19.5. The molecule has 0 aliphatic carbocycles. The second-order valence-electron chi connectivity index (χ2n) is 8.28. The van der Waals surface area contributed by atoms with E-state index >= 15 is 0 Å². The molecular formula is C21H28ClN3O3. The summed E-state index contributed by atoms with van der Waals surface area (Å²) < 4.78 is 6.37. The van der Waals surface area contributed by atoms with Gasteiger partial charge in [0.25, 0.3) is 5.91 Å². The molecule has 3 aliphatic heterocycles. The van der Waals surface area contributed by atoms with Crippen LogP contribution in [0.5, 0.6) is 0 Å². The van der Waals surface area contributed by atoms with Crippen LogP contribution < -0.4 is 5.32 Å². The molecule has 1 N–H and O–H groups in total. The Bertz CT molecular complexity index is 735. The molecule has 3 saturated heterocycles. The Morgan fingerprint density at radius 2 is 1.82 bits per heavy atom. The molecular weight excluding hydrogens is 378 g/mol. The molecule has 0 aromatic heterocycles. The number of hydrogen-bond donors (Lipinski definition) is 1. The number of likely N-dealkylation sites (tertiary alicyclic amines) is 2. The van der Waals surface area contributed by atoms with Crippen LogP contribution in [-0.4, -0.2) is 59.6 Å². The maximum absolute atomic E-state index is 12.7. The highest BCUT2D eigenvalue weighted by Crippen LogP contribution is 2.43. The molecule has 1 aromatic rings. The van der Waals surface area contributed by atoms with Crippen molar-refractivity contribution in [1.29, 1.82) is 0 Å². The Morgan fingerprint density at radius 1 is 1.11 bits per heavy atom. The minimum Gasteiger partial charge on any atom is -0.362 e.